The first-order valence-corrected chi connectivity index (χ1v) is 10.6. The summed E-state index contributed by atoms with van der Waals surface area (Å²) in [5, 5.41) is 6.10. The monoisotopic (exact) mass is 408 g/mol. The third kappa shape index (κ3) is 6.68. The molecule has 1 heterocycles. The number of rotatable bonds is 8. The largest absolute Gasteiger partial charge is 0.349 e. The van der Waals surface area contributed by atoms with E-state index in [0.717, 1.165) is 38.3 Å². The molecule has 2 N–H and O–H groups in total. The van der Waals surface area contributed by atoms with Crippen molar-refractivity contribution >= 4 is 11.8 Å². The summed E-state index contributed by atoms with van der Waals surface area (Å²) in [6.07, 6.45) is 0.241. The van der Waals surface area contributed by atoms with E-state index in [-0.39, 0.29) is 30.3 Å². The van der Waals surface area contributed by atoms with Crippen LogP contribution in [0.4, 0.5) is 0 Å². The molecule has 0 spiro atoms. The number of carbonyl (C=O) groups excluding carboxylic acids is 2. The number of carbonyl (C=O) groups is 2. The van der Waals surface area contributed by atoms with Crippen LogP contribution in [0.3, 0.4) is 0 Å². The van der Waals surface area contributed by atoms with Gasteiger partial charge in [0.1, 0.15) is 0 Å². The Morgan fingerprint density at radius 2 is 1.50 bits per heavy atom. The van der Waals surface area contributed by atoms with Crippen molar-refractivity contribution in [2.45, 2.75) is 25.4 Å². The Bertz CT molecular complexity index is 804. The smallest absolute Gasteiger partial charge is 0.251 e. The van der Waals surface area contributed by atoms with E-state index in [2.05, 4.69) is 39.6 Å². The van der Waals surface area contributed by atoms with Gasteiger partial charge in [0.25, 0.3) is 5.91 Å². The maximum Gasteiger partial charge on any atom is 0.251 e. The molecule has 1 aliphatic rings. The molecule has 2 amide bonds. The van der Waals surface area contributed by atoms with Gasteiger partial charge in [-0.05, 0) is 31.7 Å². The zero-order chi connectivity index (χ0) is 21.3. The van der Waals surface area contributed by atoms with Gasteiger partial charge >= 0.3 is 0 Å². The maximum absolute atomic E-state index is 12.8. The Morgan fingerprint density at radius 1 is 0.900 bits per heavy atom. The highest BCUT2D eigenvalue weighted by Gasteiger charge is 2.22. The third-order valence-electron chi connectivity index (χ3n) is 5.48. The Hall–Kier alpha value is -2.70. The average molecular weight is 409 g/mol. The summed E-state index contributed by atoms with van der Waals surface area (Å²) >= 11 is 0. The van der Waals surface area contributed by atoms with Crippen LogP contribution < -0.4 is 10.6 Å². The molecule has 30 heavy (non-hydrogen) atoms. The van der Waals surface area contributed by atoms with Crippen molar-refractivity contribution in [3.05, 3.63) is 71.8 Å². The molecule has 0 aliphatic carbocycles. The summed E-state index contributed by atoms with van der Waals surface area (Å²) in [6.45, 7) is 6.72. The van der Waals surface area contributed by atoms with Crippen LogP contribution in [-0.4, -0.2) is 67.4 Å². The average Bonchev–Trinajstić information content (AvgIpc) is 2.76. The van der Waals surface area contributed by atoms with Gasteiger partial charge in [-0.25, -0.2) is 0 Å². The van der Waals surface area contributed by atoms with Gasteiger partial charge in [0, 0.05) is 50.7 Å². The normalized spacial score (nSPS) is 17.1. The van der Waals surface area contributed by atoms with Gasteiger partial charge in [-0.1, -0.05) is 48.5 Å². The third-order valence-corrected chi connectivity index (χ3v) is 5.48. The van der Waals surface area contributed by atoms with Crippen LogP contribution >= 0.6 is 0 Å². The van der Waals surface area contributed by atoms with Crippen molar-refractivity contribution in [3.63, 3.8) is 0 Å². The zero-order valence-electron chi connectivity index (χ0n) is 17.9. The fraction of sp³-hybridized carbons (Fsp3) is 0.417. The summed E-state index contributed by atoms with van der Waals surface area (Å²) in [7, 11) is 2.14. The molecule has 6 nitrogen and oxygen atoms in total. The number of nitrogens with one attached hydrogen (secondary N) is 2. The second kappa shape index (κ2) is 10.9. The van der Waals surface area contributed by atoms with E-state index in [0.29, 0.717) is 5.56 Å². The molecule has 2 atom stereocenters. The van der Waals surface area contributed by atoms with Crippen molar-refractivity contribution in [1.29, 1.82) is 0 Å². The van der Waals surface area contributed by atoms with Gasteiger partial charge in [-0.3, -0.25) is 14.5 Å². The van der Waals surface area contributed by atoms with E-state index >= 15 is 0 Å². The van der Waals surface area contributed by atoms with Crippen LogP contribution in [0.25, 0.3) is 0 Å². The molecule has 1 saturated heterocycles. The second-order valence-corrected chi connectivity index (χ2v) is 8.08. The molecular formula is C24H32N4O2. The second-order valence-electron chi connectivity index (χ2n) is 8.08. The Labute approximate surface area is 179 Å². The molecule has 0 aromatic heterocycles. The molecule has 6 heteroatoms. The fourth-order valence-corrected chi connectivity index (χ4v) is 3.69. The molecule has 160 valence electrons. The predicted octanol–water partition coefficient (Wildman–Crippen LogP) is 2.30. The number of nitrogens with zero attached hydrogens (tertiary/aromatic N) is 2. The molecular weight excluding hydrogens is 376 g/mol. The predicted molar refractivity (Wildman–Crippen MR) is 119 cm³/mol. The Balaban J connectivity index is 1.56. The molecule has 2 aromatic rings. The van der Waals surface area contributed by atoms with Gasteiger partial charge < -0.3 is 15.5 Å². The standard InChI is InChI=1S/C24H32N4O2/c1-19(25-24(30)21-11-7-4-8-12-21)17-23(29)26-22(20-9-5-3-6-10-20)18-28-15-13-27(2)14-16-28/h3-12,19,22H,13-18H2,1-2H3,(H,25,30)(H,26,29). The minimum absolute atomic E-state index is 0.0566. The van der Waals surface area contributed by atoms with Crippen molar-refractivity contribution < 1.29 is 9.59 Å². The SMILES string of the molecule is CC(CC(=O)NC(CN1CCN(C)CC1)c1ccccc1)NC(=O)c1ccccc1. The lowest BCUT2D eigenvalue weighted by Gasteiger charge is -2.35. The van der Waals surface area contributed by atoms with E-state index in [1.807, 2.05) is 43.3 Å². The molecule has 0 saturated carbocycles. The van der Waals surface area contributed by atoms with Crippen LogP contribution in [0.5, 0.6) is 0 Å². The van der Waals surface area contributed by atoms with Crippen molar-refractivity contribution in [2.75, 3.05) is 39.8 Å². The van der Waals surface area contributed by atoms with E-state index < -0.39 is 0 Å². The first-order chi connectivity index (χ1) is 14.5. The minimum Gasteiger partial charge on any atom is -0.349 e. The highest BCUT2D eigenvalue weighted by Crippen LogP contribution is 2.16. The van der Waals surface area contributed by atoms with Crippen LogP contribution in [-0.2, 0) is 4.79 Å². The summed E-state index contributed by atoms with van der Waals surface area (Å²) in [4.78, 5) is 29.8. The van der Waals surface area contributed by atoms with Gasteiger partial charge in [0.2, 0.25) is 5.91 Å². The quantitative estimate of drug-likeness (QED) is 0.704. The number of hydrogen-bond donors (Lipinski definition) is 2. The minimum atomic E-state index is -0.252. The zero-order valence-corrected chi connectivity index (χ0v) is 17.9. The van der Waals surface area contributed by atoms with E-state index in [1.165, 1.54) is 0 Å². The van der Waals surface area contributed by atoms with Crippen molar-refractivity contribution in [2.24, 2.45) is 0 Å². The van der Waals surface area contributed by atoms with Crippen LogP contribution in [0.2, 0.25) is 0 Å². The maximum atomic E-state index is 12.8. The molecule has 1 fully saturated rings. The highest BCUT2D eigenvalue weighted by atomic mass is 16.2. The molecule has 3 rings (SSSR count). The van der Waals surface area contributed by atoms with Gasteiger partial charge in [0.05, 0.1) is 6.04 Å². The molecule has 0 radical (unpaired) electrons. The van der Waals surface area contributed by atoms with E-state index in [1.54, 1.807) is 12.1 Å². The number of hydrogen-bond acceptors (Lipinski definition) is 4. The van der Waals surface area contributed by atoms with Gasteiger partial charge in [-0.2, -0.15) is 0 Å². The number of amides is 2. The van der Waals surface area contributed by atoms with Crippen LogP contribution in [0, 0.1) is 0 Å². The molecule has 0 bridgehead atoms. The van der Waals surface area contributed by atoms with Gasteiger partial charge in [-0.15, -0.1) is 0 Å². The Kier molecular flexibility index (Phi) is 7.99. The van der Waals surface area contributed by atoms with Gasteiger partial charge in [0.15, 0.2) is 0 Å². The molecule has 2 unspecified atom stereocenters. The lowest BCUT2D eigenvalue weighted by Crippen LogP contribution is -2.48. The summed E-state index contributed by atoms with van der Waals surface area (Å²) in [5.41, 5.74) is 1.70. The van der Waals surface area contributed by atoms with Crippen molar-refractivity contribution in [1.82, 2.24) is 20.4 Å². The molecule has 1 aliphatic heterocycles. The number of benzene rings is 2. The first kappa shape index (κ1) is 22.0. The lowest BCUT2D eigenvalue weighted by molar-refractivity contribution is -0.122. The van der Waals surface area contributed by atoms with Crippen molar-refractivity contribution in [3.8, 4) is 0 Å². The van der Waals surface area contributed by atoms with E-state index in [4.69, 9.17) is 0 Å². The summed E-state index contributed by atoms with van der Waals surface area (Å²) < 4.78 is 0. The number of likely N-dealkylation sites (N-methyl/N-ethyl adjacent to an activating group) is 1. The van der Waals surface area contributed by atoms with Crippen LogP contribution in [0.1, 0.15) is 35.3 Å². The first-order valence-electron chi connectivity index (χ1n) is 10.6. The highest BCUT2D eigenvalue weighted by molar-refractivity contribution is 5.94. The molecule has 2 aromatic carbocycles. The lowest BCUT2D eigenvalue weighted by atomic mass is 10.1. The Morgan fingerprint density at radius 3 is 2.13 bits per heavy atom. The topological polar surface area (TPSA) is 64.7 Å². The summed E-state index contributed by atoms with van der Waals surface area (Å²) in [5.74, 6) is -0.216. The van der Waals surface area contributed by atoms with Crippen LogP contribution in [0.15, 0.2) is 60.7 Å². The summed E-state index contributed by atoms with van der Waals surface area (Å²) in [6, 6.07) is 18.8. The number of piperazine rings is 1. The fourth-order valence-electron chi connectivity index (χ4n) is 3.69. The van der Waals surface area contributed by atoms with E-state index in [9.17, 15) is 9.59 Å².